The van der Waals surface area contributed by atoms with Gasteiger partial charge in [-0.2, -0.15) is 0 Å². The van der Waals surface area contributed by atoms with Crippen molar-refractivity contribution in [3.63, 3.8) is 0 Å². The zero-order valence-corrected chi connectivity index (χ0v) is 20.7. The van der Waals surface area contributed by atoms with Crippen molar-refractivity contribution < 1.29 is 14.3 Å². The maximum Gasteiger partial charge on any atom is 0.238 e. The van der Waals surface area contributed by atoms with Crippen LogP contribution in [0.3, 0.4) is 0 Å². The highest BCUT2D eigenvalue weighted by Crippen LogP contribution is 2.42. The molecule has 1 unspecified atom stereocenters. The number of nitrogens with zero attached hydrogens (tertiary/aromatic N) is 1. The van der Waals surface area contributed by atoms with Gasteiger partial charge in [0.25, 0.3) is 0 Å². The number of rotatable bonds is 5. The van der Waals surface area contributed by atoms with E-state index in [9.17, 15) is 9.59 Å². The number of nitrogens with one attached hydrogen (secondary N) is 3. The highest BCUT2D eigenvalue weighted by atomic mass is 16.5. The van der Waals surface area contributed by atoms with Gasteiger partial charge in [-0.15, -0.1) is 0 Å². The lowest BCUT2D eigenvalue weighted by molar-refractivity contribution is -0.131. The first kappa shape index (κ1) is 24.2. The predicted molar refractivity (Wildman–Crippen MR) is 129 cm³/mol. The van der Waals surface area contributed by atoms with Gasteiger partial charge in [-0.3, -0.25) is 14.5 Å². The first-order chi connectivity index (χ1) is 15.7. The first-order valence-electron chi connectivity index (χ1n) is 12.4. The van der Waals surface area contributed by atoms with Crippen LogP contribution in [0.1, 0.15) is 69.2 Å². The number of likely N-dealkylation sites (N-methyl/N-ethyl adjacent to an activating group) is 1. The molecular formula is C26H40N4O3. The molecule has 0 radical (unpaired) electrons. The Morgan fingerprint density at radius 2 is 2.00 bits per heavy atom. The number of fused-ring (bicyclic) bond motifs is 2. The second kappa shape index (κ2) is 9.72. The number of hydrogen-bond donors (Lipinski definition) is 3. The average Bonchev–Trinajstić information content (AvgIpc) is 2.88. The van der Waals surface area contributed by atoms with Gasteiger partial charge >= 0.3 is 0 Å². The third kappa shape index (κ3) is 5.10. The van der Waals surface area contributed by atoms with E-state index < -0.39 is 0 Å². The van der Waals surface area contributed by atoms with Crippen LogP contribution in [-0.4, -0.2) is 61.3 Å². The Kier molecular flexibility index (Phi) is 7.12. The maximum atomic E-state index is 13.8. The summed E-state index contributed by atoms with van der Waals surface area (Å²) < 4.78 is 6.18. The molecule has 2 fully saturated rings. The van der Waals surface area contributed by atoms with Crippen LogP contribution in [0, 0.1) is 12.3 Å². The minimum atomic E-state index is -0.294. The monoisotopic (exact) mass is 456 g/mol. The SMILES string of the molecule is CN[C@@H](C)C(=O)N[C@H]1CCO[C@H]2CC(C)(C)C(C(=O)N[C@@H]3CCCc4cc(C)ccc43)N2C1. The number of benzene rings is 1. The molecule has 0 spiro atoms. The summed E-state index contributed by atoms with van der Waals surface area (Å²) in [4.78, 5) is 28.4. The highest BCUT2D eigenvalue weighted by molar-refractivity contribution is 5.84. The van der Waals surface area contributed by atoms with Crippen molar-refractivity contribution in [1.82, 2.24) is 20.9 Å². The molecule has 7 heteroatoms. The molecule has 3 N–H and O–H groups in total. The van der Waals surface area contributed by atoms with E-state index in [-0.39, 0.29) is 47.6 Å². The minimum absolute atomic E-state index is 0.0190. The Morgan fingerprint density at radius 3 is 2.76 bits per heavy atom. The zero-order valence-electron chi connectivity index (χ0n) is 20.7. The van der Waals surface area contributed by atoms with Crippen LogP contribution in [0.2, 0.25) is 0 Å². The topological polar surface area (TPSA) is 82.7 Å². The summed E-state index contributed by atoms with van der Waals surface area (Å²) in [5, 5.41) is 9.54. The first-order valence-corrected chi connectivity index (χ1v) is 12.4. The fourth-order valence-electron chi connectivity index (χ4n) is 5.79. The van der Waals surface area contributed by atoms with Crippen molar-refractivity contribution in [3.8, 4) is 0 Å². The van der Waals surface area contributed by atoms with E-state index in [0.29, 0.717) is 13.2 Å². The largest absolute Gasteiger partial charge is 0.363 e. The van der Waals surface area contributed by atoms with Gasteiger partial charge in [0.2, 0.25) is 11.8 Å². The van der Waals surface area contributed by atoms with E-state index in [4.69, 9.17) is 4.74 Å². The number of ether oxygens (including phenoxy) is 1. The summed E-state index contributed by atoms with van der Waals surface area (Å²) in [5.74, 6) is 0.0506. The summed E-state index contributed by atoms with van der Waals surface area (Å²) >= 11 is 0. The molecule has 1 aromatic carbocycles. The molecule has 1 aliphatic carbocycles. The van der Waals surface area contributed by atoms with Gasteiger partial charge in [0, 0.05) is 12.6 Å². The van der Waals surface area contributed by atoms with Gasteiger partial charge in [-0.1, -0.05) is 37.6 Å². The minimum Gasteiger partial charge on any atom is -0.363 e. The van der Waals surface area contributed by atoms with E-state index >= 15 is 0 Å². The summed E-state index contributed by atoms with van der Waals surface area (Å²) in [6.07, 6.45) is 4.59. The molecular weight excluding hydrogens is 416 g/mol. The fraction of sp³-hybridized carbons (Fsp3) is 0.692. The molecule has 5 atom stereocenters. The van der Waals surface area contributed by atoms with Crippen LogP contribution in [-0.2, 0) is 20.7 Å². The Labute approximate surface area is 198 Å². The van der Waals surface area contributed by atoms with Crippen molar-refractivity contribution in [1.29, 1.82) is 0 Å². The summed E-state index contributed by atoms with van der Waals surface area (Å²) in [7, 11) is 1.78. The van der Waals surface area contributed by atoms with Crippen molar-refractivity contribution in [2.45, 2.75) is 90.2 Å². The van der Waals surface area contributed by atoms with Crippen molar-refractivity contribution >= 4 is 11.8 Å². The second-order valence-electron chi connectivity index (χ2n) is 10.8. The standard InChI is InChI=1S/C26H40N4O3/c1-16-9-10-20-18(13-16)7-6-8-21(20)29-25(32)23-26(3,4)14-22-30(23)15-19(11-12-33-22)28-24(31)17(2)27-5/h9-10,13,17,19,21-23,27H,6-8,11-12,14-15H2,1-5H3,(H,28,31)(H,29,32)/t17-,19-,21+,22-,23?/m0/s1. The van der Waals surface area contributed by atoms with Gasteiger partial charge in [0.15, 0.2) is 0 Å². The Balaban J connectivity index is 1.51. The van der Waals surface area contributed by atoms with Gasteiger partial charge < -0.3 is 20.7 Å². The molecule has 2 amide bonds. The van der Waals surface area contributed by atoms with Crippen LogP contribution in [0.4, 0.5) is 0 Å². The van der Waals surface area contributed by atoms with Gasteiger partial charge in [0.05, 0.1) is 24.7 Å². The number of hydrogen-bond acceptors (Lipinski definition) is 5. The lowest BCUT2D eigenvalue weighted by Gasteiger charge is -2.36. The third-order valence-corrected chi connectivity index (χ3v) is 7.70. The predicted octanol–water partition coefficient (Wildman–Crippen LogP) is 2.43. The maximum absolute atomic E-state index is 13.8. The molecule has 0 bridgehead atoms. The van der Waals surface area contributed by atoms with Crippen LogP contribution in [0.25, 0.3) is 0 Å². The van der Waals surface area contributed by atoms with Gasteiger partial charge in [0.1, 0.15) is 6.23 Å². The average molecular weight is 457 g/mol. The van der Waals surface area contributed by atoms with Crippen molar-refractivity contribution in [3.05, 3.63) is 34.9 Å². The third-order valence-electron chi connectivity index (χ3n) is 7.70. The van der Waals surface area contributed by atoms with Gasteiger partial charge in [-0.05, 0) is 69.5 Å². The highest BCUT2D eigenvalue weighted by Gasteiger charge is 2.52. The second-order valence-corrected chi connectivity index (χ2v) is 10.8. The van der Waals surface area contributed by atoms with Crippen molar-refractivity contribution in [2.75, 3.05) is 20.2 Å². The molecule has 7 nitrogen and oxygen atoms in total. The smallest absolute Gasteiger partial charge is 0.238 e. The van der Waals surface area contributed by atoms with E-state index in [2.05, 4.69) is 59.8 Å². The van der Waals surface area contributed by atoms with Gasteiger partial charge in [-0.25, -0.2) is 0 Å². The van der Waals surface area contributed by atoms with Crippen LogP contribution < -0.4 is 16.0 Å². The number of amides is 2. The number of carbonyl (C=O) groups is 2. The Hall–Kier alpha value is -1.96. The fourth-order valence-corrected chi connectivity index (χ4v) is 5.79. The van der Waals surface area contributed by atoms with E-state index in [0.717, 1.165) is 32.1 Å². The summed E-state index contributed by atoms with van der Waals surface area (Å²) in [6.45, 7) is 9.49. The normalized spacial score (nSPS) is 30.0. The molecule has 0 saturated carbocycles. The summed E-state index contributed by atoms with van der Waals surface area (Å²) in [6, 6.07) is 6.04. The lowest BCUT2D eigenvalue weighted by atomic mass is 9.82. The summed E-state index contributed by atoms with van der Waals surface area (Å²) in [5.41, 5.74) is 3.66. The van der Waals surface area contributed by atoms with Crippen LogP contribution >= 0.6 is 0 Å². The van der Waals surface area contributed by atoms with E-state index in [1.165, 1.54) is 16.7 Å². The van der Waals surface area contributed by atoms with E-state index in [1.54, 1.807) is 7.05 Å². The number of carbonyl (C=O) groups excluding carboxylic acids is 2. The van der Waals surface area contributed by atoms with Crippen LogP contribution in [0.15, 0.2) is 18.2 Å². The Bertz CT molecular complexity index is 886. The number of aryl methyl sites for hydroxylation is 2. The molecule has 2 aliphatic heterocycles. The quantitative estimate of drug-likeness (QED) is 0.634. The Morgan fingerprint density at radius 1 is 1.21 bits per heavy atom. The lowest BCUT2D eigenvalue weighted by Crippen LogP contribution is -2.55. The molecule has 2 saturated heterocycles. The van der Waals surface area contributed by atoms with Crippen LogP contribution in [0.5, 0.6) is 0 Å². The molecule has 182 valence electrons. The van der Waals surface area contributed by atoms with E-state index in [1.807, 2.05) is 6.92 Å². The van der Waals surface area contributed by atoms with Crippen molar-refractivity contribution in [2.24, 2.45) is 5.41 Å². The molecule has 2 heterocycles. The molecule has 1 aromatic rings. The molecule has 33 heavy (non-hydrogen) atoms. The molecule has 0 aromatic heterocycles. The zero-order chi connectivity index (χ0) is 23.8. The molecule has 3 aliphatic rings. The molecule has 4 rings (SSSR count).